The summed E-state index contributed by atoms with van der Waals surface area (Å²) in [6.45, 7) is 4.75. The maximum atomic E-state index is 6.18. The third-order valence-electron chi connectivity index (χ3n) is 3.75. The number of nitrogens with one attached hydrogen (secondary N) is 1. The second-order valence-electron chi connectivity index (χ2n) is 5.91. The van der Waals surface area contributed by atoms with Crippen LogP contribution in [-0.2, 0) is 6.54 Å². The van der Waals surface area contributed by atoms with Gasteiger partial charge in [-0.3, -0.25) is 0 Å². The molecule has 0 saturated carbocycles. The third kappa shape index (κ3) is 3.85. The summed E-state index contributed by atoms with van der Waals surface area (Å²) in [6, 6.07) is 18.4. The molecule has 1 N–H and O–H groups in total. The van der Waals surface area contributed by atoms with Crippen LogP contribution in [0.15, 0.2) is 59.1 Å². The van der Waals surface area contributed by atoms with Gasteiger partial charge in [0.25, 0.3) is 0 Å². The lowest BCUT2D eigenvalue weighted by Crippen LogP contribution is -2.10. The molecule has 0 aromatic heterocycles. The largest absolute Gasteiger partial charge is 0.491 e. The summed E-state index contributed by atoms with van der Waals surface area (Å²) in [5.74, 6) is 0.916. The number of hydrogen-bond acceptors (Lipinski definition) is 2. The highest BCUT2D eigenvalue weighted by molar-refractivity contribution is 9.10. The van der Waals surface area contributed by atoms with Gasteiger partial charge in [-0.1, -0.05) is 41.9 Å². The fraction of sp³-hybridized carbons (Fsp3) is 0.200. The molecule has 0 radical (unpaired) electrons. The Labute approximate surface area is 155 Å². The SMILES string of the molecule is CC(C)Oc1ccc2ccccc2c1CNc1ccc(Br)c(Cl)c1. The van der Waals surface area contributed by atoms with Gasteiger partial charge < -0.3 is 10.1 Å². The lowest BCUT2D eigenvalue weighted by atomic mass is 10.0. The number of benzene rings is 3. The Morgan fingerprint density at radius 1 is 1.08 bits per heavy atom. The molecule has 0 unspecified atom stereocenters. The average Bonchev–Trinajstić information content (AvgIpc) is 2.56. The van der Waals surface area contributed by atoms with E-state index in [9.17, 15) is 0 Å². The summed E-state index contributed by atoms with van der Waals surface area (Å²) in [4.78, 5) is 0. The van der Waals surface area contributed by atoms with E-state index >= 15 is 0 Å². The van der Waals surface area contributed by atoms with Gasteiger partial charge in [-0.25, -0.2) is 0 Å². The van der Waals surface area contributed by atoms with E-state index in [-0.39, 0.29) is 6.10 Å². The van der Waals surface area contributed by atoms with Crippen molar-refractivity contribution in [3.05, 3.63) is 69.7 Å². The Morgan fingerprint density at radius 2 is 1.88 bits per heavy atom. The van der Waals surface area contributed by atoms with Crippen LogP contribution in [0.3, 0.4) is 0 Å². The van der Waals surface area contributed by atoms with E-state index in [4.69, 9.17) is 16.3 Å². The number of anilines is 1. The number of hydrogen-bond donors (Lipinski definition) is 1. The Morgan fingerprint density at radius 3 is 2.62 bits per heavy atom. The second kappa shape index (κ2) is 7.45. The molecular formula is C20H19BrClNO. The van der Waals surface area contributed by atoms with Crippen molar-refractivity contribution in [1.82, 2.24) is 0 Å². The number of rotatable bonds is 5. The Balaban J connectivity index is 1.94. The Bertz CT molecular complexity index is 863. The summed E-state index contributed by atoms with van der Waals surface area (Å²) in [5.41, 5.74) is 2.13. The molecule has 0 aliphatic heterocycles. The van der Waals surface area contributed by atoms with Crippen molar-refractivity contribution in [2.75, 3.05) is 5.32 Å². The fourth-order valence-corrected chi connectivity index (χ4v) is 3.09. The predicted octanol–water partition coefficient (Wildman–Crippen LogP) is 6.66. The number of fused-ring (bicyclic) bond motifs is 1. The van der Waals surface area contributed by atoms with Crippen molar-refractivity contribution in [1.29, 1.82) is 0 Å². The van der Waals surface area contributed by atoms with E-state index in [1.807, 2.05) is 38.1 Å². The molecule has 0 aliphatic rings. The van der Waals surface area contributed by atoms with E-state index in [1.165, 1.54) is 10.8 Å². The Hall–Kier alpha value is -1.71. The molecular weight excluding hydrogens is 386 g/mol. The lowest BCUT2D eigenvalue weighted by molar-refractivity contribution is 0.240. The van der Waals surface area contributed by atoms with Gasteiger partial charge in [-0.2, -0.15) is 0 Å². The van der Waals surface area contributed by atoms with Gasteiger partial charge in [0.05, 0.1) is 11.1 Å². The van der Waals surface area contributed by atoms with Crippen molar-refractivity contribution in [3.8, 4) is 5.75 Å². The minimum atomic E-state index is 0.132. The molecule has 0 saturated heterocycles. The summed E-state index contributed by atoms with van der Waals surface area (Å²) in [6.07, 6.45) is 0.132. The van der Waals surface area contributed by atoms with Gasteiger partial charge in [0.1, 0.15) is 5.75 Å². The van der Waals surface area contributed by atoms with Crippen molar-refractivity contribution in [2.45, 2.75) is 26.5 Å². The topological polar surface area (TPSA) is 21.3 Å². The van der Waals surface area contributed by atoms with E-state index in [1.54, 1.807) is 0 Å². The van der Waals surface area contributed by atoms with Crippen LogP contribution in [0, 0.1) is 0 Å². The Kier molecular flexibility index (Phi) is 5.32. The molecule has 0 heterocycles. The first-order chi connectivity index (χ1) is 11.5. The number of ether oxygens (including phenoxy) is 1. The highest BCUT2D eigenvalue weighted by Crippen LogP contribution is 2.31. The van der Waals surface area contributed by atoms with Crippen LogP contribution in [0.1, 0.15) is 19.4 Å². The standard InChI is InChI=1S/C20H19BrClNO/c1-13(2)24-20-10-7-14-5-3-4-6-16(14)17(20)12-23-15-8-9-18(21)19(22)11-15/h3-11,13,23H,12H2,1-2H3. The fourth-order valence-electron chi connectivity index (χ4n) is 2.66. The smallest absolute Gasteiger partial charge is 0.125 e. The summed E-state index contributed by atoms with van der Waals surface area (Å²) < 4.78 is 6.90. The molecule has 0 atom stereocenters. The zero-order valence-corrected chi connectivity index (χ0v) is 16.0. The zero-order valence-electron chi connectivity index (χ0n) is 13.6. The van der Waals surface area contributed by atoms with Crippen LogP contribution in [-0.4, -0.2) is 6.10 Å². The first-order valence-electron chi connectivity index (χ1n) is 7.91. The molecule has 0 aliphatic carbocycles. The first-order valence-corrected chi connectivity index (χ1v) is 9.08. The van der Waals surface area contributed by atoms with Gasteiger partial charge in [-0.15, -0.1) is 0 Å². The van der Waals surface area contributed by atoms with Crippen LogP contribution in [0.25, 0.3) is 10.8 Å². The highest BCUT2D eigenvalue weighted by Gasteiger charge is 2.10. The molecule has 2 nitrogen and oxygen atoms in total. The maximum Gasteiger partial charge on any atom is 0.125 e. The van der Waals surface area contributed by atoms with E-state index in [2.05, 4.69) is 51.6 Å². The molecule has 3 aromatic carbocycles. The van der Waals surface area contributed by atoms with Gasteiger partial charge in [0.2, 0.25) is 0 Å². The van der Waals surface area contributed by atoms with Gasteiger partial charge in [-0.05, 0) is 64.8 Å². The van der Waals surface area contributed by atoms with Crippen molar-refractivity contribution >= 4 is 44.0 Å². The maximum absolute atomic E-state index is 6.18. The summed E-state index contributed by atoms with van der Waals surface area (Å²) >= 11 is 9.60. The highest BCUT2D eigenvalue weighted by atomic mass is 79.9. The molecule has 24 heavy (non-hydrogen) atoms. The molecule has 3 aromatic rings. The molecule has 0 spiro atoms. The van der Waals surface area contributed by atoms with Crippen molar-refractivity contribution in [3.63, 3.8) is 0 Å². The van der Waals surface area contributed by atoms with Crippen molar-refractivity contribution < 1.29 is 4.74 Å². The normalized spacial score (nSPS) is 11.0. The minimum absolute atomic E-state index is 0.132. The minimum Gasteiger partial charge on any atom is -0.491 e. The van der Waals surface area contributed by atoms with E-state index in [0.717, 1.165) is 21.5 Å². The quantitative estimate of drug-likeness (QED) is 0.513. The third-order valence-corrected chi connectivity index (χ3v) is 4.98. The van der Waals surface area contributed by atoms with Crippen LogP contribution in [0.4, 0.5) is 5.69 Å². The van der Waals surface area contributed by atoms with E-state index in [0.29, 0.717) is 11.6 Å². The molecule has 3 rings (SSSR count). The molecule has 0 amide bonds. The molecule has 0 bridgehead atoms. The second-order valence-corrected chi connectivity index (χ2v) is 7.17. The van der Waals surface area contributed by atoms with Crippen LogP contribution < -0.4 is 10.1 Å². The molecule has 0 fully saturated rings. The molecule has 4 heteroatoms. The van der Waals surface area contributed by atoms with E-state index < -0.39 is 0 Å². The van der Waals surface area contributed by atoms with Crippen LogP contribution >= 0.6 is 27.5 Å². The van der Waals surface area contributed by atoms with Gasteiger partial charge in [0, 0.05) is 22.3 Å². The van der Waals surface area contributed by atoms with Crippen molar-refractivity contribution in [2.24, 2.45) is 0 Å². The average molecular weight is 405 g/mol. The lowest BCUT2D eigenvalue weighted by Gasteiger charge is -2.17. The summed E-state index contributed by atoms with van der Waals surface area (Å²) in [7, 11) is 0. The first kappa shape index (κ1) is 17.1. The number of halogens is 2. The van der Waals surface area contributed by atoms with Crippen LogP contribution in [0.5, 0.6) is 5.75 Å². The van der Waals surface area contributed by atoms with Crippen LogP contribution in [0.2, 0.25) is 5.02 Å². The zero-order chi connectivity index (χ0) is 17.1. The molecule has 124 valence electrons. The monoisotopic (exact) mass is 403 g/mol. The predicted molar refractivity (Wildman–Crippen MR) is 106 cm³/mol. The van der Waals surface area contributed by atoms with Gasteiger partial charge in [0.15, 0.2) is 0 Å². The summed E-state index contributed by atoms with van der Waals surface area (Å²) in [5, 5.41) is 6.55. The van der Waals surface area contributed by atoms with Gasteiger partial charge >= 0.3 is 0 Å².